The van der Waals surface area contributed by atoms with Crippen LogP contribution in [-0.2, 0) is 12.7 Å². The molecule has 4 nitrogen and oxygen atoms in total. The summed E-state index contributed by atoms with van der Waals surface area (Å²) in [4.78, 5) is 6.89. The average Bonchev–Trinajstić information content (AvgIpc) is 2.36. The van der Waals surface area contributed by atoms with E-state index < -0.39 is 17.8 Å². The molecule has 3 N–H and O–H groups in total. The predicted octanol–water partition coefficient (Wildman–Crippen LogP) is 3.45. The number of hydrogen-bond acceptors (Lipinski definition) is 4. The van der Waals surface area contributed by atoms with Gasteiger partial charge in [0.05, 0.1) is 0 Å². The van der Waals surface area contributed by atoms with Gasteiger partial charge in [0.15, 0.2) is 5.69 Å². The van der Waals surface area contributed by atoms with Crippen LogP contribution in [0.1, 0.15) is 11.3 Å². The molecule has 20 heavy (non-hydrogen) atoms. The number of anilines is 2. The van der Waals surface area contributed by atoms with Crippen LogP contribution in [-0.4, -0.2) is 9.97 Å². The van der Waals surface area contributed by atoms with Crippen molar-refractivity contribution >= 4 is 27.7 Å². The molecule has 2 rings (SSSR count). The summed E-state index contributed by atoms with van der Waals surface area (Å²) in [5.74, 6) is -0.383. The van der Waals surface area contributed by atoms with Gasteiger partial charge in [0.2, 0.25) is 5.95 Å². The van der Waals surface area contributed by atoms with E-state index in [-0.39, 0.29) is 5.82 Å². The van der Waals surface area contributed by atoms with Crippen LogP contribution in [0.4, 0.5) is 24.9 Å². The van der Waals surface area contributed by atoms with Crippen LogP contribution in [0.2, 0.25) is 0 Å². The highest BCUT2D eigenvalue weighted by molar-refractivity contribution is 9.10. The number of benzene rings is 1. The van der Waals surface area contributed by atoms with E-state index in [1.54, 1.807) is 0 Å². The van der Waals surface area contributed by atoms with Gasteiger partial charge in [-0.05, 0) is 17.7 Å². The maximum Gasteiger partial charge on any atom is 0.433 e. The molecule has 2 aromatic rings. The van der Waals surface area contributed by atoms with Crippen molar-refractivity contribution < 1.29 is 13.2 Å². The lowest BCUT2D eigenvalue weighted by Crippen LogP contribution is -2.13. The summed E-state index contributed by atoms with van der Waals surface area (Å²) in [5, 5.41) is 2.79. The minimum Gasteiger partial charge on any atom is -0.368 e. The Labute approximate surface area is 121 Å². The third kappa shape index (κ3) is 3.83. The van der Waals surface area contributed by atoms with Gasteiger partial charge >= 0.3 is 6.18 Å². The number of hydrogen-bond donors (Lipinski definition) is 2. The Morgan fingerprint density at radius 2 is 1.80 bits per heavy atom. The van der Waals surface area contributed by atoms with Crippen molar-refractivity contribution in [2.24, 2.45) is 0 Å². The second-order valence-electron chi connectivity index (χ2n) is 3.97. The van der Waals surface area contributed by atoms with Gasteiger partial charge in [-0.1, -0.05) is 28.1 Å². The predicted molar refractivity (Wildman–Crippen MR) is 72.9 cm³/mol. The summed E-state index contributed by atoms with van der Waals surface area (Å²) in [6.45, 7) is 0.334. The van der Waals surface area contributed by atoms with E-state index in [1.807, 2.05) is 24.3 Å². The fourth-order valence-electron chi connectivity index (χ4n) is 1.50. The standard InChI is InChI=1S/C12H10BrF3N4/c13-8-3-1-7(2-4-8)6-18-10-5-9(12(14,15)16)19-11(17)20-10/h1-5H,6H2,(H3,17,18,19,20). The Kier molecular flexibility index (Phi) is 4.12. The van der Waals surface area contributed by atoms with Gasteiger partial charge < -0.3 is 11.1 Å². The van der Waals surface area contributed by atoms with Gasteiger partial charge in [-0.15, -0.1) is 0 Å². The molecule has 1 aromatic heterocycles. The third-order valence-electron chi connectivity index (χ3n) is 2.42. The van der Waals surface area contributed by atoms with Crippen molar-refractivity contribution in [1.82, 2.24) is 9.97 Å². The zero-order chi connectivity index (χ0) is 14.8. The van der Waals surface area contributed by atoms with Crippen LogP contribution in [0.3, 0.4) is 0 Å². The molecular weight excluding hydrogens is 337 g/mol. The number of alkyl halides is 3. The largest absolute Gasteiger partial charge is 0.433 e. The maximum atomic E-state index is 12.6. The Morgan fingerprint density at radius 3 is 2.40 bits per heavy atom. The van der Waals surface area contributed by atoms with Crippen LogP contribution in [0.25, 0.3) is 0 Å². The molecule has 0 atom stereocenters. The summed E-state index contributed by atoms with van der Waals surface area (Å²) in [5.41, 5.74) is 5.11. The van der Waals surface area contributed by atoms with E-state index in [1.165, 1.54) is 0 Å². The highest BCUT2D eigenvalue weighted by Crippen LogP contribution is 2.29. The van der Waals surface area contributed by atoms with E-state index >= 15 is 0 Å². The maximum absolute atomic E-state index is 12.6. The van der Waals surface area contributed by atoms with Crippen molar-refractivity contribution in [3.05, 3.63) is 46.1 Å². The lowest BCUT2D eigenvalue weighted by atomic mass is 10.2. The molecule has 0 fully saturated rings. The number of nitrogens with two attached hydrogens (primary N) is 1. The molecule has 0 amide bonds. The molecule has 8 heteroatoms. The minimum atomic E-state index is -4.55. The summed E-state index contributed by atoms with van der Waals surface area (Å²) in [6.07, 6.45) is -4.55. The smallest absolute Gasteiger partial charge is 0.368 e. The number of rotatable bonds is 3. The Morgan fingerprint density at radius 1 is 1.15 bits per heavy atom. The van der Waals surface area contributed by atoms with Crippen molar-refractivity contribution in [2.75, 3.05) is 11.1 Å². The van der Waals surface area contributed by atoms with Crippen LogP contribution < -0.4 is 11.1 Å². The second-order valence-corrected chi connectivity index (χ2v) is 4.89. The summed E-state index contributed by atoms with van der Waals surface area (Å²) >= 11 is 3.30. The topological polar surface area (TPSA) is 63.8 Å². The zero-order valence-corrected chi connectivity index (χ0v) is 11.7. The number of nitrogens with zero attached hydrogens (tertiary/aromatic N) is 2. The molecule has 106 valence electrons. The molecule has 0 aliphatic carbocycles. The monoisotopic (exact) mass is 346 g/mol. The van der Waals surface area contributed by atoms with E-state index in [0.29, 0.717) is 6.54 Å². The molecule has 1 heterocycles. The number of nitrogen functional groups attached to an aromatic ring is 1. The normalized spacial score (nSPS) is 11.4. The number of halogens is 4. The molecule has 1 aromatic carbocycles. The van der Waals surface area contributed by atoms with Crippen molar-refractivity contribution in [3.63, 3.8) is 0 Å². The minimum absolute atomic E-state index is 0.0349. The fraction of sp³-hybridized carbons (Fsp3) is 0.167. The molecule has 0 spiro atoms. The number of nitrogens with one attached hydrogen (secondary N) is 1. The van der Waals surface area contributed by atoms with Gasteiger partial charge in [0.25, 0.3) is 0 Å². The van der Waals surface area contributed by atoms with Gasteiger partial charge in [-0.3, -0.25) is 0 Å². The Balaban J connectivity index is 2.13. The molecule has 0 saturated carbocycles. The van der Waals surface area contributed by atoms with E-state index in [0.717, 1.165) is 16.1 Å². The fourth-order valence-corrected chi connectivity index (χ4v) is 1.76. The van der Waals surface area contributed by atoms with Gasteiger partial charge in [0, 0.05) is 17.1 Å². The molecule has 0 bridgehead atoms. The van der Waals surface area contributed by atoms with E-state index in [2.05, 4.69) is 31.2 Å². The van der Waals surface area contributed by atoms with Crippen molar-refractivity contribution in [1.29, 1.82) is 0 Å². The highest BCUT2D eigenvalue weighted by Gasteiger charge is 2.33. The van der Waals surface area contributed by atoms with E-state index in [4.69, 9.17) is 5.73 Å². The zero-order valence-electron chi connectivity index (χ0n) is 10.1. The van der Waals surface area contributed by atoms with Crippen molar-refractivity contribution in [3.8, 4) is 0 Å². The summed E-state index contributed by atoms with van der Waals surface area (Å²) in [6, 6.07) is 8.19. The first-order chi connectivity index (χ1) is 9.34. The molecule has 0 radical (unpaired) electrons. The van der Waals surface area contributed by atoms with Crippen LogP contribution >= 0.6 is 15.9 Å². The van der Waals surface area contributed by atoms with Gasteiger partial charge in [-0.25, -0.2) is 4.98 Å². The van der Waals surface area contributed by atoms with Crippen LogP contribution in [0.5, 0.6) is 0 Å². The Hall–Kier alpha value is -1.83. The second kappa shape index (κ2) is 5.66. The third-order valence-corrected chi connectivity index (χ3v) is 2.95. The molecule has 0 aliphatic rings. The highest BCUT2D eigenvalue weighted by atomic mass is 79.9. The average molecular weight is 347 g/mol. The first-order valence-electron chi connectivity index (χ1n) is 5.54. The lowest BCUT2D eigenvalue weighted by Gasteiger charge is -2.10. The lowest BCUT2D eigenvalue weighted by molar-refractivity contribution is -0.141. The SMILES string of the molecule is Nc1nc(NCc2ccc(Br)cc2)cc(C(F)(F)F)n1. The first kappa shape index (κ1) is 14.6. The number of aromatic nitrogens is 2. The first-order valence-corrected chi connectivity index (χ1v) is 6.34. The summed E-state index contributed by atoms with van der Waals surface area (Å²) < 4.78 is 38.7. The molecular formula is C12H10BrF3N4. The quantitative estimate of drug-likeness (QED) is 0.893. The van der Waals surface area contributed by atoms with E-state index in [9.17, 15) is 13.2 Å². The van der Waals surface area contributed by atoms with Gasteiger partial charge in [0.1, 0.15) is 5.82 Å². The van der Waals surface area contributed by atoms with Crippen molar-refractivity contribution in [2.45, 2.75) is 12.7 Å². The molecule has 0 saturated heterocycles. The molecule has 0 aliphatic heterocycles. The summed E-state index contributed by atoms with van der Waals surface area (Å²) in [7, 11) is 0. The van der Waals surface area contributed by atoms with Crippen LogP contribution in [0, 0.1) is 0 Å². The van der Waals surface area contributed by atoms with Crippen LogP contribution in [0.15, 0.2) is 34.8 Å². The van der Waals surface area contributed by atoms with Gasteiger partial charge in [-0.2, -0.15) is 18.2 Å². The Bertz CT molecular complexity index is 599. The molecule has 0 unspecified atom stereocenters.